The average molecular weight is 294 g/mol. The van der Waals surface area contributed by atoms with E-state index in [0.717, 1.165) is 0 Å². The van der Waals surface area contributed by atoms with Crippen LogP contribution in [0.1, 0.15) is 17.9 Å². The van der Waals surface area contributed by atoms with Crippen molar-refractivity contribution >= 4 is 18.2 Å². The molecule has 1 aromatic carbocycles. The molecule has 0 amide bonds. The van der Waals surface area contributed by atoms with Gasteiger partial charge in [0.05, 0.1) is 21.3 Å². The lowest BCUT2D eigenvalue weighted by Crippen LogP contribution is -2.32. The Kier molecular flexibility index (Phi) is 6.39. The molecular weight excluding hydrogens is 276 g/mol. The number of ether oxygens (including phenoxy) is 3. The maximum absolute atomic E-state index is 11.9. The molecule has 0 radical (unpaired) electrons. The molecule has 21 heavy (non-hydrogen) atoms. The summed E-state index contributed by atoms with van der Waals surface area (Å²) in [4.78, 5) is 34.6. The minimum absolute atomic E-state index is 0.00119. The van der Waals surface area contributed by atoms with Crippen molar-refractivity contribution in [3.05, 3.63) is 29.8 Å². The molecule has 114 valence electrons. The molecule has 0 aliphatic heterocycles. The van der Waals surface area contributed by atoms with Gasteiger partial charge in [-0.15, -0.1) is 0 Å². The average Bonchev–Trinajstić information content (AvgIpc) is 2.53. The highest BCUT2D eigenvalue weighted by Crippen LogP contribution is 2.30. The van der Waals surface area contributed by atoms with Crippen molar-refractivity contribution in [1.29, 1.82) is 0 Å². The first-order valence-corrected chi connectivity index (χ1v) is 6.32. The molecule has 1 aromatic rings. The fourth-order valence-corrected chi connectivity index (χ4v) is 2.10. The summed E-state index contributed by atoms with van der Waals surface area (Å²) in [5.74, 6) is -2.66. The van der Waals surface area contributed by atoms with E-state index < -0.39 is 23.8 Å². The molecule has 0 aliphatic carbocycles. The van der Waals surface area contributed by atoms with E-state index in [1.165, 1.54) is 21.3 Å². The highest BCUT2D eigenvalue weighted by molar-refractivity contribution is 5.96. The van der Waals surface area contributed by atoms with Gasteiger partial charge in [0.15, 0.2) is 5.92 Å². The van der Waals surface area contributed by atoms with Crippen molar-refractivity contribution < 1.29 is 28.6 Å². The quantitative estimate of drug-likeness (QED) is 0.429. The Balaban J connectivity index is 3.18. The molecule has 1 atom stereocenters. The van der Waals surface area contributed by atoms with Crippen LogP contribution in [0.3, 0.4) is 0 Å². The van der Waals surface area contributed by atoms with Gasteiger partial charge in [0.1, 0.15) is 12.0 Å². The van der Waals surface area contributed by atoms with E-state index in [1.807, 2.05) is 0 Å². The van der Waals surface area contributed by atoms with Gasteiger partial charge in [-0.05, 0) is 17.7 Å². The van der Waals surface area contributed by atoms with Crippen molar-refractivity contribution in [2.24, 2.45) is 5.92 Å². The molecule has 6 nitrogen and oxygen atoms in total. The summed E-state index contributed by atoms with van der Waals surface area (Å²) in [7, 11) is 3.90. The fourth-order valence-electron chi connectivity index (χ4n) is 2.10. The minimum Gasteiger partial charge on any atom is -0.497 e. The molecule has 0 heterocycles. The molecule has 0 bridgehead atoms. The molecule has 0 spiro atoms. The van der Waals surface area contributed by atoms with Crippen LogP contribution in [0.25, 0.3) is 0 Å². The number of methoxy groups -OCH3 is 3. The number of rotatable bonds is 7. The summed E-state index contributed by atoms with van der Waals surface area (Å²) in [6.07, 6.45) is 0.662. The Hall–Kier alpha value is -2.37. The SMILES string of the molecule is COC(=O)C(C(=O)OC)[C@@H](CC=O)c1ccc(OC)cc1. The molecule has 0 saturated heterocycles. The zero-order chi connectivity index (χ0) is 15.8. The van der Waals surface area contributed by atoms with Gasteiger partial charge in [0.25, 0.3) is 0 Å². The lowest BCUT2D eigenvalue weighted by Gasteiger charge is -2.22. The standard InChI is InChI=1S/C15H18O6/c1-19-11-6-4-10(5-7-11)12(8-9-16)13(14(17)20-2)15(18)21-3/h4-7,9,12-13H,8H2,1-3H3/t12-/m0/s1. The number of hydrogen-bond acceptors (Lipinski definition) is 6. The molecule has 0 N–H and O–H groups in total. The zero-order valence-corrected chi connectivity index (χ0v) is 12.2. The van der Waals surface area contributed by atoms with Crippen LogP contribution in [0.15, 0.2) is 24.3 Å². The van der Waals surface area contributed by atoms with Gasteiger partial charge < -0.3 is 19.0 Å². The smallest absolute Gasteiger partial charge is 0.320 e. The normalized spacial score (nSPS) is 11.6. The minimum atomic E-state index is -1.18. The Labute approximate surface area is 123 Å². The summed E-state index contributed by atoms with van der Waals surface area (Å²) in [6.45, 7) is 0. The van der Waals surface area contributed by atoms with E-state index in [4.69, 9.17) is 4.74 Å². The Bertz CT molecular complexity index is 477. The van der Waals surface area contributed by atoms with Gasteiger partial charge in [-0.25, -0.2) is 0 Å². The summed E-state index contributed by atoms with van der Waals surface area (Å²) < 4.78 is 14.4. The molecule has 6 heteroatoms. The van der Waals surface area contributed by atoms with E-state index in [2.05, 4.69) is 9.47 Å². The monoisotopic (exact) mass is 294 g/mol. The Morgan fingerprint density at radius 1 is 1.05 bits per heavy atom. The van der Waals surface area contributed by atoms with Crippen LogP contribution in [0, 0.1) is 5.92 Å². The van der Waals surface area contributed by atoms with Crippen LogP contribution in [0.4, 0.5) is 0 Å². The molecule has 0 fully saturated rings. The predicted octanol–water partition coefficient (Wildman–Crippen LogP) is 1.33. The second-order valence-electron chi connectivity index (χ2n) is 4.31. The van der Waals surface area contributed by atoms with Crippen molar-refractivity contribution in [1.82, 2.24) is 0 Å². The van der Waals surface area contributed by atoms with Gasteiger partial charge in [-0.1, -0.05) is 12.1 Å². The van der Waals surface area contributed by atoms with Gasteiger partial charge >= 0.3 is 11.9 Å². The van der Waals surface area contributed by atoms with Crippen LogP contribution in [0.2, 0.25) is 0 Å². The van der Waals surface area contributed by atoms with Gasteiger partial charge in [0.2, 0.25) is 0 Å². The van der Waals surface area contributed by atoms with E-state index in [9.17, 15) is 14.4 Å². The third-order valence-electron chi connectivity index (χ3n) is 3.21. The number of aldehydes is 1. The summed E-state index contributed by atoms with van der Waals surface area (Å²) >= 11 is 0. The van der Waals surface area contributed by atoms with Crippen LogP contribution in [-0.2, 0) is 23.9 Å². The fraction of sp³-hybridized carbons (Fsp3) is 0.400. The van der Waals surface area contributed by atoms with Crippen molar-refractivity contribution in [2.75, 3.05) is 21.3 Å². The number of carbonyl (C=O) groups excluding carboxylic acids is 3. The lowest BCUT2D eigenvalue weighted by molar-refractivity contribution is -0.160. The topological polar surface area (TPSA) is 78.9 Å². The number of carbonyl (C=O) groups is 3. The predicted molar refractivity (Wildman–Crippen MR) is 73.9 cm³/mol. The molecule has 0 saturated carbocycles. The van der Waals surface area contributed by atoms with Gasteiger partial charge in [0, 0.05) is 12.3 Å². The first-order chi connectivity index (χ1) is 10.1. The second-order valence-corrected chi connectivity index (χ2v) is 4.31. The second kappa shape index (κ2) is 8.04. The van der Waals surface area contributed by atoms with Crippen LogP contribution in [-0.4, -0.2) is 39.6 Å². The van der Waals surface area contributed by atoms with Crippen molar-refractivity contribution in [2.45, 2.75) is 12.3 Å². The summed E-state index contributed by atoms with van der Waals surface area (Å²) in [5.41, 5.74) is 0.656. The Morgan fingerprint density at radius 3 is 1.95 bits per heavy atom. The lowest BCUT2D eigenvalue weighted by atomic mass is 9.83. The highest BCUT2D eigenvalue weighted by atomic mass is 16.5. The molecule has 0 aliphatic rings. The molecule has 1 rings (SSSR count). The maximum Gasteiger partial charge on any atom is 0.320 e. The largest absolute Gasteiger partial charge is 0.497 e. The Morgan fingerprint density at radius 2 is 1.57 bits per heavy atom. The first kappa shape index (κ1) is 16.7. The van der Waals surface area contributed by atoms with Gasteiger partial charge in [-0.3, -0.25) is 9.59 Å². The molecule has 0 unspecified atom stereocenters. The molecule has 0 aromatic heterocycles. The number of hydrogen-bond donors (Lipinski definition) is 0. The van der Waals surface area contributed by atoms with E-state index in [0.29, 0.717) is 17.6 Å². The number of esters is 2. The third kappa shape index (κ3) is 4.05. The maximum atomic E-state index is 11.9. The van der Waals surface area contributed by atoms with E-state index in [1.54, 1.807) is 24.3 Å². The third-order valence-corrected chi connectivity index (χ3v) is 3.21. The van der Waals surface area contributed by atoms with Crippen LogP contribution >= 0.6 is 0 Å². The zero-order valence-electron chi connectivity index (χ0n) is 12.2. The van der Waals surface area contributed by atoms with Crippen LogP contribution in [0.5, 0.6) is 5.75 Å². The van der Waals surface area contributed by atoms with Crippen LogP contribution < -0.4 is 4.74 Å². The van der Waals surface area contributed by atoms with Gasteiger partial charge in [-0.2, -0.15) is 0 Å². The molecular formula is C15H18O6. The van der Waals surface area contributed by atoms with E-state index >= 15 is 0 Å². The summed E-state index contributed by atoms with van der Waals surface area (Å²) in [5, 5.41) is 0. The van der Waals surface area contributed by atoms with E-state index in [-0.39, 0.29) is 6.42 Å². The number of benzene rings is 1. The highest BCUT2D eigenvalue weighted by Gasteiger charge is 2.37. The first-order valence-electron chi connectivity index (χ1n) is 6.32. The summed E-state index contributed by atoms with van der Waals surface area (Å²) in [6, 6.07) is 6.79. The van der Waals surface area contributed by atoms with Crippen molar-refractivity contribution in [3.8, 4) is 5.75 Å². The van der Waals surface area contributed by atoms with Crippen molar-refractivity contribution in [3.63, 3.8) is 0 Å².